The standard InChI is InChI=1S/C12H18N2O4/c1-18-9-11(6-7-15)13-8-10-4-2-3-5-12(10)14(16)17/h2-5,11,13,15H,6-9H2,1H3. The number of aliphatic hydroxyl groups is 1. The van der Waals surface area contributed by atoms with E-state index in [-0.39, 0.29) is 18.3 Å². The van der Waals surface area contributed by atoms with Crippen LogP contribution in [0, 0.1) is 10.1 Å². The van der Waals surface area contributed by atoms with Crippen LogP contribution in [0.3, 0.4) is 0 Å². The van der Waals surface area contributed by atoms with E-state index in [4.69, 9.17) is 9.84 Å². The van der Waals surface area contributed by atoms with E-state index in [1.54, 1.807) is 25.3 Å². The molecule has 1 rings (SSSR count). The molecule has 0 heterocycles. The molecule has 2 N–H and O–H groups in total. The van der Waals surface area contributed by atoms with E-state index >= 15 is 0 Å². The average Bonchev–Trinajstić information content (AvgIpc) is 2.36. The third-order valence-electron chi connectivity index (χ3n) is 2.61. The summed E-state index contributed by atoms with van der Waals surface area (Å²) in [5.74, 6) is 0. The van der Waals surface area contributed by atoms with Crippen LogP contribution in [0.25, 0.3) is 0 Å². The van der Waals surface area contributed by atoms with Crippen molar-refractivity contribution in [1.82, 2.24) is 5.32 Å². The quantitative estimate of drug-likeness (QED) is 0.535. The topological polar surface area (TPSA) is 84.6 Å². The minimum atomic E-state index is -0.394. The second-order valence-electron chi connectivity index (χ2n) is 3.93. The van der Waals surface area contributed by atoms with Gasteiger partial charge in [0.15, 0.2) is 0 Å². The zero-order chi connectivity index (χ0) is 13.4. The van der Waals surface area contributed by atoms with Crippen molar-refractivity contribution in [3.05, 3.63) is 39.9 Å². The van der Waals surface area contributed by atoms with E-state index in [0.29, 0.717) is 25.1 Å². The number of ether oxygens (including phenoxy) is 1. The molecule has 0 saturated heterocycles. The molecule has 1 atom stereocenters. The Bertz CT molecular complexity index is 378. The third-order valence-corrected chi connectivity index (χ3v) is 2.61. The van der Waals surface area contributed by atoms with Gasteiger partial charge in [0.05, 0.1) is 11.5 Å². The minimum absolute atomic E-state index is 0.0141. The lowest BCUT2D eigenvalue weighted by atomic mass is 10.1. The Morgan fingerprint density at radius 2 is 2.22 bits per heavy atom. The molecule has 1 unspecified atom stereocenters. The molecule has 0 aliphatic heterocycles. The maximum atomic E-state index is 10.8. The minimum Gasteiger partial charge on any atom is -0.396 e. The number of nitro groups is 1. The molecule has 0 saturated carbocycles. The van der Waals surface area contributed by atoms with Gasteiger partial charge in [-0.05, 0) is 6.42 Å². The fourth-order valence-corrected chi connectivity index (χ4v) is 1.69. The van der Waals surface area contributed by atoms with Crippen LogP contribution in [-0.2, 0) is 11.3 Å². The summed E-state index contributed by atoms with van der Waals surface area (Å²) in [7, 11) is 1.58. The number of benzene rings is 1. The van der Waals surface area contributed by atoms with Gasteiger partial charge < -0.3 is 15.2 Å². The van der Waals surface area contributed by atoms with Crippen molar-refractivity contribution in [2.24, 2.45) is 0 Å². The van der Waals surface area contributed by atoms with E-state index in [2.05, 4.69) is 5.32 Å². The molecule has 0 fully saturated rings. The molecule has 0 radical (unpaired) electrons. The fraction of sp³-hybridized carbons (Fsp3) is 0.500. The Labute approximate surface area is 106 Å². The Hall–Kier alpha value is -1.50. The molecule has 0 aliphatic carbocycles. The Balaban J connectivity index is 2.63. The lowest BCUT2D eigenvalue weighted by Gasteiger charge is -2.16. The van der Waals surface area contributed by atoms with Gasteiger partial charge in [0.25, 0.3) is 5.69 Å². The van der Waals surface area contributed by atoms with Gasteiger partial charge in [-0.3, -0.25) is 10.1 Å². The molecule has 6 heteroatoms. The summed E-state index contributed by atoms with van der Waals surface area (Å²) in [6.07, 6.45) is 0.550. The predicted octanol–water partition coefficient (Wildman–Crippen LogP) is 1.08. The van der Waals surface area contributed by atoms with E-state index in [1.807, 2.05) is 0 Å². The lowest BCUT2D eigenvalue weighted by molar-refractivity contribution is -0.385. The van der Waals surface area contributed by atoms with Gasteiger partial charge in [0.1, 0.15) is 0 Å². The number of rotatable bonds is 8. The molecular weight excluding hydrogens is 236 g/mol. The summed E-state index contributed by atoms with van der Waals surface area (Å²) in [6, 6.07) is 6.59. The molecule has 0 spiro atoms. The van der Waals surface area contributed by atoms with Gasteiger partial charge in [-0.1, -0.05) is 18.2 Å². The second-order valence-corrected chi connectivity index (χ2v) is 3.93. The Morgan fingerprint density at radius 1 is 1.50 bits per heavy atom. The number of nitro benzene ring substituents is 1. The van der Waals surface area contributed by atoms with Crippen LogP contribution in [0.2, 0.25) is 0 Å². The number of methoxy groups -OCH3 is 1. The molecule has 6 nitrogen and oxygen atoms in total. The average molecular weight is 254 g/mol. The highest BCUT2D eigenvalue weighted by molar-refractivity contribution is 5.39. The first-order valence-corrected chi connectivity index (χ1v) is 5.74. The summed E-state index contributed by atoms with van der Waals surface area (Å²) in [5, 5.41) is 22.9. The Morgan fingerprint density at radius 3 is 2.83 bits per heavy atom. The molecule has 0 bridgehead atoms. The first-order valence-electron chi connectivity index (χ1n) is 5.74. The lowest BCUT2D eigenvalue weighted by Crippen LogP contribution is -2.33. The first-order chi connectivity index (χ1) is 8.69. The SMILES string of the molecule is COCC(CCO)NCc1ccccc1[N+](=O)[O-]. The van der Waals surface area contributed by atoms with E-state index < -0.39 is 4.92 Å². The van der Waals surface area contributed by atoms with Crippen molar-refractivity contribution in [3.8, 4) is 0 Å². The summed E-state index contributed by atoms with van der Waals surface area (Å²) in [6.45, 7) is 0.893. The maximum Gasteiger partial charge on any atom is 0.273 e. The van der Waals surface area contributed by atoms with Crippen LogP contribution in [0.4, 0.5) is 5.69 Å². The molecule has 100 valence electrons. The van der Waals surface area contributed by atoms with Crippen LogP contribution in [0.1, 0.15) is 12.0 Å². The number of para-hydroxylation sites is 1. The smallest absolute Gasteiger partial charge is 0.273 e. The third kappa shape index (κ3) is 4.40. The monoisotopic (exact) mass is 254 g/mol. The Kier molecular flexibility index (Phi) is 6.27. The van der Waals surface area contributed by atoms with Crippen LogP contribution < -0.4 is 5.32 Å². The molecule has 0 aliphatic rings. The highest BCUT2D eigenvalue weighted by atomic mass is 16.6. The van der Waals surface area contributed by atoms with Crippen LogP contribution in [0.5, 0.6) is 0 Å². The molecule has 0 amide bonds. The van der Waals surface area contributed by atoms with Crippen molar-refractivity contribution in [3.63, 3.8) is 0 Å². The van der Waals surface area contributed by atoms with Crippen molar-refractivity contribution >= 4 is 5.69 Å². The van der Waals surface area contributed by atoms with Gasteiger partial charge in [-0.15, -0.1) is 0 Å². The van der Waals surface area contributed by atoms with Gasteiger partial charge in [-0.25, -0.2) is 0 Å². The highest BCUT2D eigenvalue weighted by Crippen LogP contribution is 2.17. The van der Waals surface area contributed by atoms with E-state index in [9.17, 15) is 10.1 Å². The normalized spacial score (nSPS) is 12.3. The van der Waals surface area contributed by atoms with Crippen molar-refractivity contribution in [2.75, 3.05) is 20.3 Å². The van der Waals surface area contributed by atoms with E-state index in [1.165, 1.54) is 6.07 Å². The molecular formula is C12H18N2O4. The molecule has 1 aromatic carbocycles. The first kappa shape index (κ1) is 14.6. The molecule has 18 heavy (non-hydrogen) atoms. The van der Waals surface area contributed by atoms with Crippen molar-refractivity contribution < 1.29 is 14.8 Å². The van der Waals surface area contributed by atoms with Crippen LogP contribution >= 0.6 is 0 Å². The van der Waals surface area contributed by atoms with Gasteiger partial charge in [0.2, 0.25) is 0 Å². The van der Waals surface area contributed by atoms with Gasteiger partial charge >= 0.3 is 0 Å². The number of nitrogens with one attached hydrogen (secondary N) is 1. The van der Waals surface area contributed by atoms with Crippen molar-refractivity contribution in [1.29, 1.82) is 0 Å². The zero-order valence-electron chi connectivity index (χ0n) is 10.3. The largest absolute Gasteiger partial charge is 0.396 e. The van der Waals surface area contributed by atoms with Crippen LogP contribution in [0.15, 0.2) is 24.3 Å². The molecule has 0 aromatic heterocycles. The number of nitrogens with zero attached hydrogens (tertiary/aromatic N) is 1. The summed E-state index contributed by atoms with van der Waals surface area (Å²) in [5.41, 5.74) is 0.728. The highest BCUT2D eigenvalue weighted by Gasteiger charge is 2.14. The van der Waals surface area contributed by atoms with Gasteiger partial charge in [-0.2, -0.15) is 0 Å². The maximum absolute atomic E-state index is 10.8. The van der Waals surface area contributed by atoms with Crippen LogP contribution in [-0.4, -0.2) is 36.4 Å². The van der Waals surface area contributed by atoms with Gasteiger partial charge in [0, 0.05) is 37.9 Å². The zero-order valence-corrected chi connectivity index (χ0v) is 10.3. The molecule has 1 aromatic rings. The summed E-state index contributed by atoms with van der Waals surface area (Å²) < 4.78 is 5.02. The summed E-state index contributed by atoms with van der Waals surface area (Å²) in [4.78, 5) is 10.4. The number of hydrogen-bond donors (Lipinski definition) is 2. The number of hydrogen-bond acceptors (Lipinski definition) is 5. The van der Waals surface area contributed by atoms with Crippen molar-refractivity contribution in [2.45, 2.75) is 19.0 Å². The predicted molar refractivity (Wildman–Crippen MR) is 67.3 cm³/mol. The summed E-state index contributed by atoms with van der Waals surface area (Å²) >= 11 is 0. The van der Waals surface area contributed by atoms with E-state index in [0.717, 1.165) is 0 Å². The fourth-order valence-electron chi connectivity index (χ4n) is 1.69. The second kappa shape index (κ2) is 7.75. The number of aliphatic hydroxyl groups excluding tert-OH is 1.